The van der Waals surface area contributed by atoms with Gasteiger partial charge in [0.05, 0.1) is 6.42 Å². The molecule has 1 aromatic rings. The first-order valence-corrected chi connectivity index (χ1v) is 6.71. The first-order chi connectivity index (χ1) is 9.37. The summed E-state index contributed by atoms with van der Waals surface area (Å²) >= 11 is 5.65. The molecule has 1 saturated heterocycles. The fourth-order valence-electron chi connectivity index (χ4n) is 2.42. The summed E-state index contributed by atoms with van der Waals surface area (Å²) in [6.45, 7) is 2.12. The van der Waals surface area contributed by atoms with Crippen LogP contribution in [0.3, 0.4) is 0 Å². The molecule has 1 fully saturated rings. The van der Waals surface area contributed by atoms with E-state index in [1.165, 1.54) is 12.1 Å². The quantitative estimate of drug-likeness (QED) is 0.861. The number of rotatable bonds is 3. The van der Waals surface area contributed by atoms with Crippen LogP contribution in [-0.2, 0) is 0 Å². The first-order valence-electron chi connectivity index (χ1n) is 6.33. The second-order valence-corrected chi connectivity index (χ2v) is 5.22. The minimum absolute atomic E-state index is 0.0497. The van der Waals surface area contributed by atoms with E-state index in [2.05, 4.69) is 5.32 Å². The van der Waals surface area contributed by atoms with Crippen molar-refractivity contribution in [3.63, 3.8) is 0 Å². The van der Waals surface area contributed by atoms with Gasteiger partial charge in [0.1, 0.15) is 5.82 Å². The summed E-state index contributed by atoms with van der Waals surface area (Å²) in [4.78, 5) is 1.66. The fraction of sp³-hybridized carbons (Fsp3) is 0.538. The zero-order chi connectivity index (χ0) is 14.8. The van der Waals surface area contributed by atoms with Crippen LogP contribution in [0, 0.1) is 5.82 Å². The van der Waals surface area contributed by atoms with Crippen LogP contribution in [0.4, 0.5) is 17.6 Å². The highest BCUT2D eigenvalue weighted by Gasteiger charge is 2.37. The Hall–Kier alpha value is -0.850. The van der Waals surface area contributed by atoms with Gasteiger partial charge in [-0.1, -0.05) is 17.7 Å². The van der Waals surface area contributed by atoms with Crippen molar-refractivity contribution in [2.24, 2.45) is 0 Å². The lowest BCUT2D eigenvalue weighted by atomic mass is 10.00. The Kier molecular flexibility index (Phi) is 4.88. The van der Waals surface area contributed by atoms with Crippen molar-refractivity contribution in [1.29, 1.82) is 0 Å². The Labute approximate surface area is 119 Å². The maximum absolute atomic E-state index is 13.9. The molecule has 1 aliphatic rings. The van der Waals surface area contributed by atoms with Crippen LogP contribution in [0.5, 0.6) is 0 Å². The van der Waals surface area contributed by atoms with Gasteiger partial charge in [-0.05, 0) is 12.1 Å². The van der Waals surface area contributed by atoms with Gasteiger partial charge < -0.3 is 5.32 Å². The van der Waals surface area contributed by atoms with Gasteiger partial charge in [-0.3, -0.25) is 4.90 Å². The molecule has 1 atom stereocenters. The molecular formula is C13H15ClF4N2. The van der Waals surface area contributed by atoms with Gasteiger partial charge in [-0.2, -0.15) is 13.2 Å². The van der Waals surface area contributed by atoms with Gasteiger partial charge in [-0.25, -0.2) is 4.39 Å². The summed E-state index contributed by atoms with van der Waals surface area (Å²) in [6.07, 6.45) is -5.41. The van der Waals surface area contributed by atoms with Gasteiger partial charge in [0, 0.05) is 42.8 Å². The van der Waals surface area contributed by atoms with Crippen molar-refractivity contribution in [2.75, 3.05) is 26.2 Å². The Morgan fingerprint density at radius 1 is 1.25 bits per heavy atom. The summed E-state index contributed by atoms with van der Waals surface area (Å²) in [5.41, 5.74) is 0.0497. The molecule has 0 saturated carbocycles. The third-order valence-electron chi connectivity index (χ3n) is 3.34. The van der Waals surface area contributed by atoms with E-state index < -0.39 is 24.5 Å². The van der Waals surface area contributed by atoms with Crippen molar-refractivity contribution >= 4 is 11.6 Å². The highest BCUT2D eigenvalue weighted by atomic mass is 35.5. The largest absolute Gasteiger partial charge is 0.390 e. The molecule has 0 aromatic heterocycles. The number of nitrogens with one attached hydrogen (secondary N) is 1. The topological polar surface area (TPSA) is 15.3 Å². The van der Waals surface area contributed by atoms with Crippen LogP contribution in [0.2, 0.25) is 5.02 Å². The maximum Gasteiger partial charge on any atom is 0.390 e. The molecule has 0 spiro atoms. The molecule has 2 rings (SSSR count). The van der Waals surface area contributed by atoms with E-state index >= 15 is 0 Å². The van der Waals surface area contributed by atoms with Crippen LogP contribution < -0.4 is 5.32 Å². The highest BCUT2D eigenvalue weighted by molar-refractivity contribution is 6.30. The van der Waals surface area contributed by atoms with E-state index in [1.807, 2.05) is 0 Å². The molecule has 7 heteroatoms. The molecule has 1 N–H and O–H groups in total. The Bertz CT molecular complexity index is 458. The normalized spacial score (nSPS) is 19.1. The van der Waals surface area contributed by atoms with Gasteiger partial charge in [0.2, 0.25) is 0 Å². The van der Waals surface area contributed by atoms with E-state index in [0.29, 0.717) is 26.2 Å². The predicted molar refractivity (Wildman–Crippen MR) is 69.3 cm³/mol. The van der Waals surface area contributed by atoms with Crippen molar-refractivity contribution in [1.82, 2.24) is 10.2 Å². The molecule has 1 heterocycles. The summed E-state index contributed by atoms with van der Waals surface area (Å²) in [5, 5.41) is 3.25. The number of halogens is 5. The summed E-state index contributed by atoms with van der Waals surface area (Å²) in [6, 6.07) is 2.82. The average molecular weight is 311 g/mol. The fourth-order valence-corrected chi connectivity index (χ4v) is 2.58. The predicted octanol–water partition coefficient (Wildman–Crippen LogP) is 3.38. The number of nitrogens with zero attached hydrogens (tertiary/aromatic N) is 1. The Morgan fingerprint density at radius 3 is 2.45 bits per heavy atom. The zero-order valence-electron chi connectivity index (χ0n) is 10.7. The summed E-state index contributed by atoms with van der Waals surface area (Å²) in [7, 11) is 0. The number of hydrogen-bond donors (Lipinski definition) is 1. The highest BCUT2D eigenvalue weighted by Crippen LogP contribution is 2.35. The number of hydrogen-bond acceptors (Lipinski definition) is 2. The van der Waals surface area contributed by atoms with Crippen LogP contribution in [0.25, 0.3) is 0 Å². The van der Waals surface area contributed by atoms with Gasteiger partial charge >= 0.3 is 6.18 Å². The van der Waals surface area contributed by atoms with Crippen LogP contribution >= 0.6 is 11.6 Å². The minimum atomic E-state index is -4.35. The Balaban J connectivity index is 2.29. The van der Waals surface area contributed by atoms with Crippen LogP contribution in [-0.4, -0.2) is 37.3 Å². The Morgan fingerprint density at radius 2 is 1.90 bits per heavy atom. The van der Waals surface area contributed by atoms with E-state index in [4.69, 9.17) is 11.6 Å². The molecule has 0 bridgehead atoms. The number of piperazine rings is 1. The third kappa shape index (κ3) is 4.07. The van der Waals surface area contributed by atoms with Crippen molar-refractivity contribution in [3.05, 3.63) is 34.6 Å². The van der Waals surface area contributed by atoms with Crippen LogP contribution in [0.15, 0.2) is 18.2 Å². The summed E-state index contributed by atoms with van der Waals surface area (Å²) < 4.78 is 52.2. The smallest absolute Gasteiger partial charge is 0.314 e. The monoisotopic (exact) mass is 310 g/mol. The lowest BCUT2D eigenvalue weighted by molar-refractivity contribution is -0.149. The average Bonchev–Trinajstić information content (AvgIpc) is 2.36. The molecule has 2 nitrogen and oxygen atoms in total. The van der Waals surface area contributed by atoms with Crippen molar-refractivity contribution < 1.29 is 17.6 Å². The maximum atomic E-state index is 13.9. The van der Waals surface area contributed by atoms with Crippen molar-refractivity contribution in [3.8, 4) is 0 Å². The molecule has 0 unspecified atom stereocenters. The van der Waals surface area contributed by atoms with E-state index in [1.54, 1.807) is 4.90 Å². The second-order valence-electron chi connectivity index (χ2n) is 4.79. The van der Waals surface area contributed by atoms with E-state index in [9.17, 15) is 17.6 Å². The molecule has 112 valence electrons. The molecule has 0 amide bonds. The molecule has 1 aromatic carbocycles. The molecule has 0 aliphatic carbocycles. The van der Waals surface area contributed by atoms with E-state index in [-0.39, 0.29) is 10.6 Å². The summed E-state index contributed by atoms with van der Waals surface area (Å²) in [5.74, 6) is -0.690. The lowest BCUT2D eigenvalue weighted by Gasteiger charge is -2.35. The van der Waals surface area contributed by atoms with Gasteiger partial charge in [0.15, 0.2) is 0 Å². The molecule has 1 aliphatic heterocycles. The zero-order valence-corrected chi connectivity index (χ0v) is 11.4. The molecule has 0 radical (unpaired) electrons. The van der Waals surface area contributed by atoms with Crippen LogP contribution in [0.1, 0.15) is 18.0 Å². The minimum Gasteiger partial charge on any atom is -0.314 e. The van der Waals surface area contributed by atoms with E-state index in [0.717, 1.165) is 6.07 Å². The SMILES string of the molecule is Fc1cc(Cl)ccc1[C@@H](CC(F)(F)F)N1CCNCC1. The van der Waals surface area contributed by atoms with Gasteiger partial charge in [0.25, 0.3) is 0 Å². The standard InChI is InChI=1S/C13H15ClF4N2/c14-9-1-2-10(11(15)7-9)12(8-13(16,17)18)20-5-3-19-4-6-20/h1-2,7,12,19H,3-6,8H2/t12-/m1/s1. The third-order valence-corrected chi connectivity index (χ3v) is 3.57. The molecule has 20 heavy (non-hydrogen) atoms. The second kappa shape index (κ2) is 6.28. The number of alkyl halides is 3. The lowest BCUT2D eigenvalue weighted by Crippen LogP contribution is -2.46. The van der Waals surface area contributed by atoms with Gasteiger partial charge in [-0.15, -0.1) is 0 Å². The first kappa shape index (κ1) is 15.5. The molecular weight excluding hydrogens is 296 g/mol. The number of benzene rings is 1. The van der Waals surface area contributed by atoms with Crippen molar-refractivity contribution in [2.45, 2.75) is 18.6 Å².